The fraction of sp³-hybridized carbons (Fsp3) is 0.385. The third-order valence-corrected chi connectivity index (χ3v) is 3.74. The summed E-state index contributed by atoms with van der Waals surface area (Å²) >= 11 is 1.25. The Labute approximate surface area is 125 Å². The predicted octanol–water partition coefficient (Wildman–Crippen LogP) is 2.43. The van der Waals surface area contributed by atoms with Crippen LogP contribution in [0.1, 0.15) is 23.2 Å². The number of ether oxygens (including phenoxy) is 2. The van der Waals surface area contributed by atoms with Crippen LogP contribution in [0.4, 0.5) is 5.69 Å². The first kappa shape index (κ1) is 17.0. The second-order valence-electron chi connectivity index (χ2n) is 3.96. The van der Waals surface area contributed by atoms with Gasteiger partial charge in [-0.2, -0.15) is 0 Å². The van der Waals surface area contributed by atoms with E-state index in [0.29, 0.717) is 17.1 Å². The van der Waals surface area contributed by atoms with E-state index in [-0.39, 0.29) is 23.6 Å². The Morgan fingerprint density at radius 2 is 2.00 bits per heavy atom. The summed E-state index contributed by atoms with van der Waals surface area (Å²) in [5, 5.41) is 11.0. The van der Waals surface area contributed by atoms with Gasteiger partial charge in [-0.15, -0.1) is 11.8 Å². The van der Waals surface area contributed by atoms with E-state index in [9.17, 15) is 19.7 Å². The monoisotopic (exact) mass is 313 g/mol. The maximum atomic E-state index is 11.4. The molecule has 0 aliphatic heterocycles. The molecule has 0 spiro atoms. The zero-order chi connectivity index (χ0) is 15.8. The van der Waals surface area contributed by atoms with Crippen molar-refractivity contribution in [1.82, 2.24) is 0 Å². The van der Waals surface area contributed by atoms with Gasteiger partial charge in [0.05, 0.1) is 29.6 Å². The number of thioether (sulfide) groups is 1. The van der Waals surface area contributed by atoms with Gasteiger partial charge in [-0.25, -0.2) is 4.79 Å². The number of benzene rings is 1. The van der Waals surface area contributed by atoms with Gasteiger partial charge in [0, 0.05) is 12.5 Å². The molecule has 0 saturated carbocycles. The summed E-state index contributed by atoms with van der Waals surface area (Å²) in [6.45, 7) is 0. The smallest absolute Gasteiger partial charge is 0.338 e. The first-order valence-electron chi connectivity index (χ1n) is 6.06. The number of nitro groups is 1. The quantitative estimate of drug-likeness (QED) is 0.251. The van der Waals surface area contributed by atoms with Gasteiger partial charge in [0.25, 0.3) is 5.69 Å². The van der Waals surface area contributed by atoms with Gasteiger partial charge >= 0.3 is 11.9 Å². The lowest BCUT2D eigenvalue weighted by Crippen LogP contribution is -2.03. The number of nitrogens with zero attached hydrogens (tertiary/aromatic N) is 1. The summed E-state index contributed by atoms with van der Waals surface area (Å²) in [4.78, 5) is 33.3. The SMILES string of the molecule is COC(=O)CCCSc1ccc(C(=O)OC)cc1[N+](=O)[O-]. The first-order chi connectivity index (χ1) is 9.99. The van der Waals surface area contributed by atoms with Crippen LogP contribution in [0, 0.1) is 10.1 Å². The van der Waals surface area contributed by atoms with Crippen molar-refractivity contribution >= 4 is 29.4 Å². The van der Waals surface area contributed by atoms with Crippen LogP contribution in [0.15, 0.2) is 23.1 Å². The molecule has 0 aliphatic rings. The highest BCUT2D eigenvalue weighted by Gasteiger charge is 2.18. The predicted molar refractivity (Wildman–Crippen MR) is 76.4 cm³/mol. The first-order valence-corrected chi connectivity index (χ1v) is 7.04. The standard InChI is InChI=1S/C13H15NO6S/c1-19-12(15)4-3-7-21-11-6-5-9(13(16)20-2)8-10(11)14(17)18/h5-6,8H,3-4,7H2,1-2H3. The molecule has 8 heteroatoms. The molecular formula is C13H15NO6S. The van der Waals surface area contributed by atoms with Crippen LogP contribution in [0.25, 0.3) is 0 Å². The van der Waals surface area contributed by atoms with Crippen LogP contribution in [0.3, 0.4) is 0 Å². The van der Waals surface area contributed by atoms with Crippen LogP contribution in [-0.2, 0) is 14.3 Å². The van der Waals surface area contributed by atoms with Crippen molar-refractivity contribution in [3.05, 3.63) is 33.9 Å². The molecule has 114 valence electrons. The minimum absolute atomic E-state index is 0.128. The van der Waals surface area contributed by atoms with Crippen LogP contribution in [0.5, 0.6) is 0 Å². The van der Waals surface area contributed by atoms with Crippen molar-refractivity contribution in [2.45, 2.75) is 17.7 Å². The fourth-order valence-electron chi connectivity index (χ4n) is 1.53. The Kier molecular flexibility index (Phi) is 6.67. The normalized spacial score (nSPS) is 10.0. The molecule has 0 unspecified atom stereocenters. The second-order valence-corrected chi connectivity index (χ2v) is 5.10. The summed E-state index contributed by atoms with van der Waals surface area (Å²) in [5.41, 5.74) is -0.0240. The minimum atomic E-state index is -0.625. The van der Waals surface area contributed by atoms with Crippen LogP contribution in [0.2, 0.25) is 0 Å². The average molecular weight is 313 g/mol. The Morgan fingerprint density at radius 3 is 2.57 bits per heavy atom. The Hall–Kier alpha value is -2.09. The van der Waals surface area contributed by atoms with E-state index < -0.39 is 10.9 Å². The molecule has 0 aromatic heterocycles. The number of hydrogen-bond donors (Lipinski definition) is 0. The Bertz CT molecular complexity index is 545. The molecular weight excluding hydrogens is 298 g/mol. The van der Waals surface area contributed by atoms with Crippen LogP contribution in [-0.4, -0.2) is 36.8 Å². The molecule has 0 fully saturated rings. The number of hydrogen-bond acceptors (Lipinski definition) is 7. The van der Waals surface area contributed by atoms with E-state index in [0.717, 1.165) is 0 Å². The molecule has 0 atom stereocenters. The van der Waals surface area contributed by atoms with E-state index in [2.05, 4.69) is 9.47 Å². The van der Waals surface area contributed by atoms with Crippen molar-refractivity contribution in [2.24, 2.45) is 0 Å². The molecule has 0 radical (unpaired) electrons. The lowest BCUT2D eigenvalue weighted by atomic mass is 10.2. The number of carbonyl (C=O) groups is 2. The van der Waals surface area contributed by atoms with E-state index in [1.54, 1.807) is 0 Å². The maximum absolute atomic E-state index is 11.4. The van der Waals surface area contributed by atoms with Gasteiger partial charge in [-0.1, -0.05) is 0 Å². The third kappa shape index (κ3) is 5.07. The third-order valence-electron chi connectivity index (χ3n) is 2.59. The molecule has 0 saturated heterocycles. The van der Waals surface area contributed by atoms with Gasteiger partial charge in [0.15, 0.2) is 0 Å². The second kappa shape index (κ2) is 8.25. The van der Waals surface area contributed by atoms with Crippen molar-refractivity contribution < 1.29 is 24.0 Å². The number of nitro benzene ring substituents is 1. The van der Waals surface area contributed by atoms with E-state index in [4.69, 9.17) is 0 Å². The molecule has 0 heterocycles. The zero-order valence-electron chi connectivity index (χ0n) is 11.7. The van der Waals surface area contributed by atoms with Gasteiger partial charge in [0.2, 0.25) is 0 Å². The topological polar surface area (TPSA) is 95.7 Å². The Balaban J connectivity index is 2.75. The van der Waals surface area contributed by atoms with Gasteiger partial charge < -0.3 is 9.47 Å². The molecule has 1 rings (SSSR count). The van der Waals surface area contributed by atoms with E-state index in [1.807, 2.05) is 0 Å². The maximum Gasteiger partial charge on any atom is 0.338 e. The van der Waals surface area contributed by atoms with Crippen LogP contribution >= 0.6 is 11.8 Å². The molecule has 1 aromatic rings. The highest BCUT2D eigenvalue weighted by molar-refractivity contribution is 7.99. The average Bonchev–Trinajstić information content (AvgIpc) is 2.50. The zero-order valence-corrected chi connectivity index (χ0v) is 12.5. The molecule has 0 bridgehead atoms. The minimum Gasteiger partial charge on any atom is -0.469 e. The number of esters is 2. The molecule has 0 amide bonds. The number of methoxy groups -OCH3 is 2. The highest BCUT2D eigenvalue weighted by Crippen LogP contribution is 2.30. The van der Waals surface area contributed by atoms with E-state index >= 15 is 0 Å². The highest BCUT2D eigenvalue weighted by atomic mass is 32.2. The van der Waals surface area contributed by atoms with Gasteiger partial charge in [-0.3, -0.25) is 14.9 Å². The van der Waals surface area contributed by atoms with Gasteiger partial charge in [0.1, 0.15) is 0 Å². The molecule has 21 heavy (non-hydrogen) atoms. The van der Waals surface area contributed by atoms with Gasteiger partial charge in [-0.05, 0) is 24.3 Å². The lowest BCUT2D eigenvalue weighted by molar-refractivity contribution is -0.387. The fourth-order valence-corrected chi connectivity index (χ4v) is 2.48. The number of rotatable bonds is 7. The summed E-state index contributed by atoms with van der Waals surface area (Å²) < 4.78 is 9.04. The Morgan fingerprint density at radius 1 is 1.29 bits per heavy atom. The molecule has 7 nitrogen and oxygen atoms in total. The molecule has 0 aliphatic carbocycles. The van der Waals surface area contributed by atoms with Crippen LogP contribution < -0.4 is 0 Å². The van der Waals surface area contributed by atoms with Crippen molar-refractivity contribution in [2.75, 3.05) is 20.0 Å². The summed E-state index contributed by atoms with van der Waals surface area (Å²) in [6.07, 6.45) is 0.810. The largest absolute Gasteiger partial charge is 0.469 e. The lowest BCUT2D eigenvalue weighted by Gasteiger charge is -2.05. The van der Waals surface area contributed by atoms with E-state index in [1.165, 1.54) is 44.2 Å². The van der Waals surface area contributed by atoms with Crippen molar-refractivity contribution in [3.8, 4) is 0 Å². The van der Waals surface area contributed by atoms with Crippen molar-refractivity contribution in [1.29, 1.82) is 0 Å². The number of carbonyl (C=O) groups excluding carboxylic acids is 2. The summed E-state index contributed by atoms with van der Waals surface area (Å²) in [5.74, 6) is -0.403. The molecule has 1 aromatic carbocycles. The molecule has 0 N–H and O–H groups in total. The summed E-state index contributed by atoms with van der Waals surface area (Å²) in [7, 11) is 2.52. The van der Waals surface area contributed by atoms with Crippen molar-refractivity contribution in [3.63, 3.8) is 0 Å². The summed E-state index contributed by atoms with van der Waals surface area (Å²) in [6, 6.07) is 4.17.